The van der Waals surface area contributed by atoms with Crippen LogP contribution in [0.15, 0.2) is 83.0 Å². The van der Waals surface area contributed by atoms with Gasteiger partial charge in [0.05, 0.1) is 25.1 Å². The summed E-state index contributed by atoms with van der Waals surface area (Å²) in [7, 11) is -5.64. The Balaban J connectivity index is 2.51. The summed E-state index contributed by atoms with van der Waals surface area (Å²) >= 11 is 0. The van der Waals surface area contributed by atoms with Crippen LogP contribution in [0.2, 0.25) is 19.6 Å². The highest BCUT2D eigenvalue weighted by molar-refractivity contribution is 7.89. The zero-order valence-electron chi connectivity index (χ0n) is 20.6. The van der Waals surface area contributed by atoms with E-state index in [4.69, 9.17) is 4.74 Å². The van der Waals surface area contributed by atoms with Crippen molar-refractivity contribution in [1.29, 1.82) is 0 Å². The molecule has 178 valence electrons. The Morgan fingerprint density at radius 2 is 1.58 bits per heavy atom. The third-order valence-corrected chi connectivity index (χ3v) is 7.37. The van der Waals surface area contributed by atoms with Gasteiger partial charge in [0.15, 0.2) is 0 Å². The zero-order valence-corrected chi connectivity index (χ0v) is 22.4. The first-order valence-corrected chi connectivity index (χ1v) is 16.0. The van der Waals surface area contributed by atoms with Crippen molar-refractivity contribution in [2.75, 3.05) is 0 Å². The number of hydrogen-bond donors (Lipinski definition) is 0. The first-order chi connectivity index (χ1) is 15.2. The Kier molecular flexibility index (Phi) is 8.49. The van der Waals surface area contributed by atoms with Crippen LogP contribution in [-0.2, 0) is 26.1 Å². The number of hydrogen-bond acceptors (Lipinski definition) is 4. The smallest absolute Gasteiger partial charge is 0.337 e. The van der Waals surface area contributed by atoms with Crippen molar-refractivity contribution in [3.05, 3.63) is 89.3 Å². The second kappa shape index (κ2) is 10.5. The van der Waals surface area contributed by atoms with Crippen LogP contribution < -0.4 is 0 Å². The SMILES string of the molecule is Cc1ccc(S(=O)(=O)N(/C=C/C(=C\[Si](C)(C)C)C(=O)OC(C)(C)C)Cc2ccccc2)cc1. The number of carbonyl (C=O) groups excluding carboxylic acids is 1. The fraction of sp³-hybridized carbons (Fsp3) is 0.346. The molecule has 0 saturated heterocycles. The first kappa shape index (κ1) is 26.6. The number of sulfonamides is 1. The second-order valence-corrected chi connectivity index (χ2v) is 17.0. The molecular formula is C26H35NO4SSi. The van der Waals surface area contributed by atoms with Crippen molar-refractivity contribution in [1.82, 2.24) is 4.31 Å². The number of rotatable bonds is 8. The third-order valence-electron chi connectivity index (χ3n) is 4.45. The minimum Gasteiger partial charge on any atom is -0.456 e. The molecule has 2 aromatic carbocycles. The van der Waals surface area contributed by atoms with Gasteiger partial charge in [-0.3, -0.25) is 4.31 Å². The molecule has 33 heavy (non-hydrogen) atoms. The average molecular weight is 486 g/mol. The molecule has 0 amide bonds. The molecule has 0 aliphatic heterocycles. The van der Waals surface area contributed by atoms with Crippen LogP contribution in [0.4, 0.5) is 0 Å². The van der Waals surface area contributed by atoms with Gasteiger partial charge in [0, 0.05) is 6.20 Å². The third kappa shape index (κ3) is 8.66. The maximum Gasteiger partial charge on any atom is 0.337 e. The van der Waals surface area contributed by atoms with Gasteiger partial charge < -0.3 is 4.74 Å². The topological polar surface area (TPSA) is 63.7 Å². The van der Waals surface area contributed by atoms with Crippen LogP contribution in [-0.4, -0.2) is 32.4 Å². The number of benzene rings is 2. The number of nitrogens with zero attached hydrogens (tertiary/aromatic N) is 1. The summed E-state index contributed by atoms with van der Waals surface area (Å²) in [6.07, 6.45) is 3.03. The number of ether oxygens (including phenoxy) is 1. The molecule has 5 nitrogen and oxygen atoms in total. The first-order valence-electron chi connectivity index (χ1n) is 10.9. The van der Waals surface area contributed by atoms with E-state index in [1.807, 2.05) is 63.7 Å². The molecule has 0 bridgehead atoms. The van der Waals surface area contributed by atoms with Crippen LogP contribution in [0, 0.1) is 6.92 Å². The van der Waals surface area contributed by atoms with Crippen LogP contribution in [0.5, 0.6) is 0 Å². The van der Waals surface area contributed by atoms with Crippen molar-refractivity contribution in [3.8, 4) is 0 Å². The Labute approximate surface area is 199 Å². The Hall–Kier alpha value is -2.64. The lowest BCUT2D eigenvalue weighted by molar-refractivity contribution is -0.149. The number of aryl methyl sites for hydroxylation is 1. The summed E-state index contributed by atoms with van der Waals surface area (Å²) in [4.78, 5) is 13.1. The van der Waals surface area contributed by atoms with Crippen LogP contribution in [0.3, 0.4) is 0 Å². The summed E-state index contributed by atoms with van der Waals surface area (Å²) in [6, 6.07) is 16.1. The van der Waals surface area contributed by atoms with Crippen LogP contribution in [0.1, 0.15) is 31.9 Å². The van der Waals surface area contributed by atoms with Gasteiger partial charge in [-0.1, -0.05) is 73.4 Å². The molecule has 0 unspecified atom stereocenters. The van der Waals surface area contributed by atoms with Crippen LogP contribution >= 0.6 is 0 Å². The van der Waals surface area contributed by atoms with E-state index in [1.165, 1.54) is 10.5 Å². The number of carbonyl (C=O) groups is 1. The fourth-order valence-corrected chi connectivity index (χ4v) is 5.41. The van der Waals surface area contributed by atoms with E-state index in [9.17, 15) is 13.2 Å². The minimum atomic E-state index is -3.84. The lowest BCUT2D eigenvalue weighted by Gasteiger charge is -2.23. The highest BCUT2D eigenvalue weighted by Gasteiger charge is 2.24. The standard InChI is InChI=1S/C26H35NO4SSi/c1-21-13-15-24(16-14-21)32(29,30)27(19-22-11-9-8-10-12-22)18-17-23(20-33(5,6)7)25(28)31-26(2,3)4/h8-18,20H,19H2,1-7H3/b18-17+,23-20+. The predicted octanol–water partition coefficient (Wildman–Crippen LogP) is 5.85. The average Bonchev–Trinajstić information content (AvgIpc) is 2.69. The summed E-state index contributed by atoms with van der Waals surface area (Å²) in [5, 5.41) is 0. The minimum absolute atomic E-state index is 0.141. The summed E-state index contributed by atoms with van der Waals surface area (Å²) in [5.74, 6) is -0.464. The Morgan fingerprint density at radius 3 is 2.09 bits per heavy atom. The maximum atomic E-state index is 13.5. The Morgan fingerprint density at radius 1 is 1.00 bits per heavy atom. The van der Waals surface area contributed by atoms with Crippen molar-refractivity contribution in [3.63, 3.8) is 0 Å². The van der Waals surface area contributed by atoms with Gasteiger partial charge in [0.2, 0.25) is 0 Å². The zero-order chi connectivity index (χ0) is 24.9. The van der Waals surface area contributed by atoms with E-state index in [1.54, 1.807) is 30.3 Å². The normalized spacial score (nSPS) is 13.2. The van der Waals surface area contributed by atoms with Gasteiger partial charge in [0.1, 0.15) is 5.60 Å². The predicted molar refractivity (Wildman–Crippen MR) is 137 cm³/mol. The summed E-state index contributed by atoms with van der Waals surface area (Å²) in [6.45, 7) is 13.8. The highest BCUT2D eigenvalue weighted by Crippen LogP contribution is 2.21. The molecular weight excluding hydrogens is 450 g/mol. The molecule has 0 heterocycles. The second-order valence-electron chi connectivity index (χ2n) is 10.1. The molecule has 0 atom stereocenters. The fourth-order valence-electron chi connectivity index (χ4n) is 2.97. The quantitative estimate of drug-likeness (QED) is 0.204. The van der Waals surface area contributed by atoms with E-state index in [2.05, 4.69) is 19.6 Å². The van der Waals surface area contributed by atoms with Gasteiger partial charge in [-0.15, -0.1) is 0 Å². The van der Waals surface area contributed by atoms with Crippen molar-refractivity contribution in [2.24, 2.45) is 0 Å². The molecule has 2 rings (SSSR count). The van der Waals surface area contributed by atoms with Gasteiger partial charge in [0.25, 0.3) is 10.0 Å². The lowest BCUT2D eigenvalue weighted by atomic mass is 10.2. The van der Waals surface area contributed by atoms with Crippen LogP contribution in [0.25, 0.3) is 0 Å². The molecule has 0 radical (unpaired) electrons. The molecule has 7 heteroatoms. The molecule has 0 aromatic heterocycles. The van der Waals surface area contributed by atoms with E-state index >= 15 is 0 Å². The van der Waals surface area contributed by atoms with Gasteiger partial charge in [-0.25, -0.2) is 13.2 Å². The van der Waals surface area contributed by atoms with Gasteiger partial charge >= 0.3 is 5.97 Å². The molecule has 0 aliphatic carbocycles. The molecule has 2 aromatic rings. The summed E-state index contributed by atoms with van der Waals surface area (Å²) < 4.78 is 33.8. The van der Waals surface area contributed by atoms with E-state index < -0.39 is 29.7 Å². The van der Waals surface area contributed by atoms with Crippen molar-refractivity contribution < 1.29 is 17.9 Å². The van der Waals surface area contributed by atoms with Crippen molar-refractivity contribution >= 4 is 24.1 Å². The Bertz CT molecular complexity index is 1110. The van der Waals surface area contributed by atoms with Gasteiger partial charge in [-0.05, 0) is 51.5 Å². The monoisotopic (exact) mass is 485 g/mol. The highest BCUT2D eigenvalue weighted by atomic mass is 32.2. The largest absolute Gasteiger partial charge is 0.456 e. The maximum absolute atomic E-state index is 13.5. The molecule has 0 aliphatic rings. The molecule has 0 saturated carbocycles. The molecule has 0 N–H and O–H groups in total. The molecule has 0 fully saturated rings. The van der Waals surface area contributed by atoms with Crippen molar-refractivity contribution in [2.45, 2.75) is 64.4 Å². The van der Waals surface area contributed by atoms with E-state index in [0.29, 0.717) is 5.57 Å². The molecule has 0 spiro atoms. The van der Waals surface area contributed by atoms with Gasteiger partial charge in [-0.2, -0.15) is 0 Å². The number of esters is 1. The van der Waals surface area contributed by atoms with E-state index in [-0.39, 0.29) is 11.4 Å². The summed E-state index contributed by atoms with van der Waals surface area (Å²) in [5.41, 5.74) is 3.45. The lowest BCUT2D eigenvalue weighted by Crippen LogP contribution is -2.28. The van der Waals surface area contributed by atoms with E-state index in [0.717, 1.165) is 11.1 Å².